The van der Waals surface area contributed by atoms with Crippen molar-refractivity contribution in [1.29, 1.82) is 0 Å². The van der Waals surface area contributed by atoms with Crippen molar-refractivity contribution in [3.8, 4) is 0 Å². The predicted octanol–water partition coefficient (Wildman–Crippen LogP) is 6.36. The van der Waals surface area contributed by atoms with Crippen molar-refractivity contribution in [2.24, 2.45) is 0 Å². The van der Waals surface area contributed by atoms with E-state index < -0.39 is 0 Å². The smallest absolute Gasteiger partial charge is 0.0270 e. The highest BCUT2D eigenvalue weighted by atomic mass is 14.6. The van der Waals surface area contributed by atoms with Crippen LogP contribution in [0.4, 0.5) is 0 Å². The van der Waals surface area contributed by atoms with Crippen molar-refractivity contribution >= 4 is 0 Å². The summed E-state index contributed by atoms with van der Waals surface area (Å²) in [4.78, 5) is 17.1. The molecule has 0 N–H and O–H groups in total. The van der Waals surface area contributed by atoms with Gasteiger partial charge in [0.05, 0.1) is 0 Å². The Balaban J connectivity index is 1.85. The summed E-state index contributed by atoms with van der Waals surface area (Å²) in [5.74, 6) is 0.747. The quantitative estimate of drug-likeness (QED) is 0.299. The van der Waals surface area contributed by atoms with Gasteiger partial charge < -0.3 is 0 Å². The number of unbranched alkanes of at least 4 members (excludes halogenated alkanes) is 1. The molecule has 0 aliphatic heterocycles. The summed E-state index contributed by atoms with van der Waals surface area (Å²) in [5, 5.41) is 0. The van der Waals surface area contributed by atoms with Gasteiger partial charge in [-0.25, -0.2) is 0 Å². The summed E-state index contributed by atoms with van der Waals surface area (Å²) < 4.78 is 0. The monoisotopic (exact) mass is 421 g/mol. The average Bonchev–Trinajstić information content (AvgIpc) is 2.88. The third kappa shape index (κ3) is 5.44. The van der Waals surface area contributed by atoms with E-state index in [4.69, 9.17) is 0 Å². The van der Waals surface area contributed by atoms with Gasteiger partial charge in [-0.1, -0.05) is 19.8 Å². The van der Waals surface area contributed by atoms with Crippen molar-refractivity contribution in [1.82, 2.24) is 19.9 Å². The van der Waals surface area contributed by atoms with Gasteiger partial charge in [0.2, 0.25) is 0 Å². The van der Waals surface area contributed by atoms with Crippen LogP contribution >= 0.6 is 0 Å². The van der Waals surface area contributed by atoms with Crippen LogP contribution in [0.15, 0.2) is 98.1 Å². The molecule has 4 aromatic heterocycles. The highest BCUT2D eigenvalue weighted by Gasteiger charge is 2.33. The minimum Gasteiger partial charge on any atom is -0.265 e. The Labute approximate surface area is 190 Å². The van der Waals surface area contributed by atoms with Crippen molar-refractivity contribution in [2.75, 3.05) is 0 Å². The Morgan fingerprint density at radius 3 is 1.62 bits per heavy atom. The van der Waals surface area contributed by atoms with E-state index in [1.165, 1.54) is 35.1 Å². The lowest BCUT2D eigenvalue weighted by Gasteiger charge is -2.35. The molecule has 1 radical (unpaired) electrons. The number of hydrogen-bond donors (Lipinski definition) is 0. The van der Waals surface area contributed by atoms with Gasteiger partial charge >= 0.3 is 0 Å². The molecule has 0 saturated carbocycles. The minimum absolute atomic E-state index is 0.165. The molecule has 0 aliphatic rings. The predicted molar refractivity (Wildman–Crippen MR) is 128 cm³/mol. The molecular weight excluding hydrogens is 392 g/mol. The zero-order valence-corrected chi connectivity index (χ0v) is 18.5. The van der Waals surface area contributed by atoms with Gasteiger partial charge in [-0.3, -0.25) is 19.9 Å². The average molecular weight is 422 g/mol. The van der Waals surface area contributed by atoms with Crippen LogP contribution < -0.4 is 0 Å². The largest absolute Gasteiger partial charge is 0.265 e. The Morgan fingerprint density at radius 2 is 1.09 bits per heavy atom. The second kappa shape index (κ2) is 11.3. The maximum Gasteiger partial charge on any atom is 0.0270 e. The second-order valence-electron chi connectivity index (χ2n) is 8.09. The summed E-state index contributed by atoms with van der Waals surface area (Å²) in [6.45, 7) is 2.26. The van der Waals surface area contributed by atoms with Crippen LogP contribution in [0.5, 0.6) is 0 Å². The third-order valence-electron chi connectivity index (χ3n) is 6.08. The number of aromatic nitrogens is 4. The van der Waals surface area contributed by atoms with Crippen molar-refractivity contribution in [3.63, 3.8) is 0 Å². The Kier molecular flexibility index (Phi) is 7.69. The van der Waals surface area contributed by atoms with Crippen molar-refractivity contribution in [3.05, 3.63) is 127 Å². The van der Waals surface area contributed by atoms with Crippen molar-refractivity contribution < 1.29 is 0 Å². The van der Waals surface area contributed by atoms with Gasteiger partial charge in [-0.05, 0) is 101 Å². The topological polar surface area (TPSA) is 51.6 Å². The Morgan fingerprint density at radius 1 is 0.625 bits per heavy atom. The first-order valence-corrected chi connectivity index (χ1v) is 11.3. The highest BCUT2D eigenvalue weighted by molar-refractivity contribution is 5.38. The molecule has 32 heavy (non-hydrogen) atoms. The van der Waals surface area contributed by atoms with E-state index >= 15 is 0 Å². The maximum atomic E-state index is 4.30. The molecule has 4 rings (SSSR count). The van der Waals surface area contributed by atoms with Gasteiger partial charge in [-0.2, -0.15) is 0 Å². The molecular formula is C28H29N4. The van der Waals surface area contributed by atoms with Gasteiger partial charge in [0, 0.05) is 49.6 Å². The third-order valence-corrected chi connectivity index (χ3v) is 6.08. The molecule has 0 amide bonds. The molecule has 161 valence electrons. The fourth-order valence-corrected chi connectivity index (χ4v) is 4.54. The van der Waals surface area contributed by atoms with E-state index in [1.807, 2.05) is 49.6 Å². The molecule has 0 fully saturated rings. The summed E-state index contributed by atoms with van der Waals surface area (Å²) in [7, 11) is 0. The summed E-state index contributed by atoms with van der Waals surface area (Å²) >= 11 is 0. The summed E-state index contributed by atoms with van der Waals surface area (Å²) in [5.41, 5.74) is 5.06. The van der Waals surface area contributed by atoms with E-state index in [9.17, 15) is 0 Å². The zero-order chi connectivity index (χ0) is 22.0. The fourth-order valence-electron chi connectivity index (χ4n) is 4.54. The Bertz CT molecular complexity index is 1040. The molecule has 3 unspecified atom stereocenters. The van der Waals surface area contributed by atoms with Crippen molar-refractivity contribution in [2.45, 2.75) is 43.9 Å². The molecule has 4 nitrogen and oxygen atoms in total. The normalized spacial score (nSPS) is 13.9. The first-order valence-electron chi connectivity index (χ1n) is 11.3. The minimum atomic E-state index is 0.165. The standard InChI is InChI=1S/C28H29N4/c1-2-3-4-26(23-7-15-30-16-8-23)28(25-11-19-32-20-12-25)27(24-9-17-31-18-10-24)21-22-5-13-29-14-6-22/h5-21,26-28H,2-4H2,1H3. The van der Waals surface area contributed by atoms with Gasteiger partial charge in [-0.15, -0.1) is 0 Å². The van der Waals surface area contributed by atoms with E-state index in [0.717, 1.165) is 6.42 Å². The lowest BCUT2D eigenvalue weighted by Crippen LogP contribution is -2.21. The first kappa shape index (κ1) is 21.8. The first-order chi connectivity index (χ1) is 15.9. The number of rotatable bonds is 10. The van der Waals surface area contributed by atoms with Crippen LogP contribution in [0.1, 0.15) is 66.2 Å². The molecule has 0 spiro atoms. The van der Waals surface area contributed by atoms with E-state index in [2.05, 4.69) is 81.8 Å². The van der Waals surface area contributed by atoms with Gasteiger partial charge in [0.25, 0.3) is 0 Å². The second-order valence-corrected chi connectivity index (χ2v) is 8.09. The van der Waals surface area contributed by atoms with E-state index in [-0.39, 0.29) is 11.8 Å². The molecule has 0 aliphatic carbocycles. The molecule has 0 aromatic carbocycles. The van der Waals surface area contributed by atoms with Crippen LogP contribution in [0.25, 0.3) is 0 Å². The van der Waals surface area contributed by atoms with Crippen LogP contribution in [-0.4, -0.2) is 19.9 Å². The van der Waals surface area contributed by atoms with Crippen LogP contribution in [-0.2, 0) is 0 Å². The summed E-state index contributed by atoms with van der Waals surface area (Å²) in [6.07, 6.45) is 20.9. The number of nitrogens with zero attached hydrogens (tertiary/aromatic N) is 4. The molecule has 3 atom stereocenters. The highest BCUT2D eigenvalue weighted by Crippen LogP contribution is 2.47. The molecule has 4 heterocycles. The van der Waals surface area contributed by atoms with E-state index in [0.29, 0.717) is 5.92 Å². The van der Waals surface area contributed by atoms with Gasteiger partial charge in [0.15, 0.2) is 0 Å². The molecule has 0 saturated heterocycles. The lowest BCUT2D eigenvalue weighted by atomic mass is 9.68. The fraction of sp³-hybridized carbons (Fsp3) is 0.250. The van der Waals surface area contributed by atoms with Crippen LogP contribution in [0.2, 0.25) is 0 Å². The SMILES string of the molecule is CCCCC(c1ccncc1)C(c1ccncc1)C([CH]c1ccncc1)c1ccncc1. The maximum absolute atomic E-state index is 4.30. The van der Waals surface area contributed by atoms with E-state index in [1.54, 1.807) is 0 Å². The zero-order valence-electron chi connectivity index (χ0n) is 18.5. The number of pyridine rings is 4. The lowest BCUT2D eigenvalue weighted by molar-refractivity contribution is 0.446. The Hall–Kier alpha value is -3.40. The molecule has 0 bridgehead atoms. The summed E-state index contributed by atoms with van der Waals surface area (Å²) in [6, 6.07) is 17.1. The molecule has 4 heteroatoms. The molecule has 4 aromatic rings. The van der Waals surface area contributed by atoms with Crippen LogP contribution in [0.3, 0.4) is 0 Å². The number of hydrogen-bond acceptors (Lipinski definition) is 4. The van der Waals surface area contributed by atoms with Crippen LogP contribution in [0, 0.1) is 6.42 Å². The van der Waals surface area contributed by atoms with Gasteiger partial charge in [0.1, 0.15) is 0 Å².